The number of hydrogen-bond acceptors (Lipinski definition) is 7. The molecule has 0 aliphatic rings. The molecule has 3 rings (SSSR count). The molecule has 0 fully saturated rings. The summed E-state index contributed by atoms with van der Waals surface area (Å²) in [6, 6.07) is 7.70. The van der Waals surface area contributed by atoms with Crippen molar-refractivity contribution in [3.05, 3.63) is 40.6 Å². The fourth-order valence-electron chi connectivity index (χ4n) is 2.83. The zero-order valence-electron chi connectivity index (χ0n) is 17.0. The standard InChI is InChI=1S/C21H25N3O3S2/c1-23(2)10-6-11-24(20(25)9-8-15-7-5-12-28-15)21-22-16-13-17(26-3)18(27-4)14-19(16)29-21/h5,7-9,12-14H,6,10-11H2,1-4H3/b9-8+. The number of anilines is 1. The van der Waals surface area contributed by atoms with E-state index in [2.05, 4.69) is 4.90 Å². The Balaban J connectivity index is 1.90. The molecule has 0 unspecified atom stereocenters. The molecule has 2 heterocycles. The van der Waals surface area contributed by atoms with Crippen LogP contribution < -0.4 is 14.4 Å². The minimum atomic E-state index is -0.0739. The second-order valence-corrected chi connectivity index (χ2v) is 8.66. The number of thiazole rings is 1. The lowest BCUT2D eigenvalue weighted by atomic mass is 10.3. The van der Waals surface area contributed by atoms with E-state index in [-0.39, 0.29) is 5.91 Å². The Hall–Kier alpha value is -2.42. The van der Waals surface area contributed by atoms with Crippen LogP contribution in [0.4, 0.5) is 5.13 Å². The molecule has 2 aromatic heterocycles. The van der Waals surface area contributed by atoms with E-state index in [0.29, 0.717) is 23.2 Å². The number of hydrogen-bond donors (Lipinski definition) is 0. The van der Waals surface area contributed by atoms with E-state index in [1.165, 1.54) is 11.3 Å². The van der Waals surface area contributed by atoms with E-state index in [0.717, 1.165) is 28.1 Å². The Morgan fingerprint density at radius 3 is 2.59 bits per heavy atom. The number of rotatable bonds is 9. The predicted octanol–water partition coefficient (Wildman–Crippen LogP) is 4.37. The van der Waals surface area contributed by atoms with Crippen LogP contribution in [0.15, 0.2) is 35.7 Å². The molecule has 0 saturated carbocycles. The molecule has 0 spiro atoms. The Kier molecular flexibility index (Phi) is 7.24. The molecule has 154 valence electrons. The molecule has 1 aromatic carbocycles. The molecule has 0 atom stereocenters. The van der Waals surface area contributed by atoms with Crippen LogP contribution in [0.3, 0.4) is 0 Å². The lowest BCUT2D eigenvalue weighted by molar-refractivity contribution is -0.114. The molecule has 0 aliphatic heterocycles. The fourth-order valence-corrected chi connectivity index (χ4v) is 4.46. The first kappa shape index (κ1) is 21.3. The third-order valence-corrected chi connectivity index (χ3v) is 6.18. The van der Waals surface area contributed by atoms with Gasteiger partial charge in [0, 0.05) is 29.6 Å². The van der Waals surface area contributed by atoms with E-state index in [1.807, 2.05) is 49.8 Å². The van der Waals surface area contributed by atoms with Crippen molar-refractivity contribution in [3.8, 4) is 11.5 Å². The number of carbonyl (C=O) groups is 1. The largest absolute Gasteiger partial charge is 0.493 e. The summed E-state index contributed by atoms with van der Waals surface area (Å²) in [6.45, 7) is 1.49. The van der Waals surface area contributed by atoms with Crippen molar-refractivity contribution in [2.45, 2.75) is 6.42 Å². The van der Waals surface area contributed by atoms with Gasteiger partial charge in [-0.15, -0.1) is 11.3 Å². The molecule has 1 amide bonds. The van der Waals surface area contributed by atoms with Gasteiger partial charge in [-0.25, -0.2) is 4.98 Å². The van der Waals surface area contributed by atoms with Gasteiger partial charge in [0.1, 0.15) is 0 Å². The molecule has 0 N–H and O–H groups in total. The van der Waals surface area contributed by atoms with Crippen LogP contribution in [-0.4, -0.2) is 57.2 Å². The average molecular weight is 432 g/mol. The lowest BCUT2D eigenvalue weighted by Crippen LogP contribution is -2.32. The third-order valence-electron chi connectivity index (χ3n) is 4.30. The number of amides is 1. The number of ether oxygens (including phenoxy) is 2. The van der Waals surface area contributed by atoms with E-state index in [1.54, 1.807) is 36.5 Å². The molecule has 29 heavy (non-hydrogen) atoms. The summed E-state index contributed by atoms with van der Waals surface area (Å²) in [7, 11) is 7.26. The van der Waals surface area contributed by atoms with Crippen molar-refractivity contribution >= 4 is 50.0 Å². The van der Waals surface area contributed by atoms with Gasteiger partial charge in [-0.3, -0.25) is 9.69 Å². The quantitative estimate of drug-likeness (QED) is 0.471. The zero-order valence-corrected chi connectivity index (χ0v) is 18.7. The summed E-state index contributed by atoms with van der Waals surface area (Å²) in [5.41, 5.74) is 0.787. The van der Waals surface area contributed by atoms with Gasteiger partial charge in [0.15, 0.2) is 16.6 Å². The number of aromatic nitrogens is 1. The molecule has 0 radical (unpaired) electrons. The summed E-state index contributed by atoms with van der Waals surface area (Å²) in [6.07, 6.45) is 4.33. The summed E-state index contributed by atoms with van der Waals surface area (Å²) in [5, 5.41) is 2.67. The second kappa shape index (κ2) is 9.87. The highest BCUT2D eigenvalue weighted by Crippen LogP contribution is 2.37. The summed E-state index contributed by atoms with van der Waals surface area (Å²) >= 11 is 3.08. The van der Waals surface area contributed by atoms with E-state index >= 15 is 0 Å². The second-order valence-electron chi connectivity index (χ2n) is 6.67. The SMILES string of the molecule is COc1cc2nc(N(CCCN(C)C)C(=O)/C=C/c3cccs3)sc2cc1OC. The normalized spacial score (nSPS) is 11.5. The zero-order chi connectivity index (χ0) is 20.8. The highest BCUT2D eigenvalue weighted by Gasteiger charge is 2.19. The molecule has 6 nitrogen and oxygen atoms in total. The first-order chi connectivity index (χ1) is 14.0. The van der Waals surface area contributed by atoms with Crippen molar-refractivity contribution in [3.63, 3.8) is 0 Å². The smallest absolute Gasteiger partial charge is 0.252 e. The van der Waals surface area contributed by atoms with E-state index < -0.39 is 0 Å². The van der Waals surface area contributed by atoms with Gasteiger partial charge in [-0.05, 0) is 44.6 Å². The summed E-state index contributed by atoms with van der Waals surface area (Å²) in [5.74, 6) is 1.20. The molecule has 3 aromatic rings. The van der Waals surface area contributed by atoms with Crippen molar-refractivity contribution in [2.75, 3.05) is 46.3 Å². The number of fused-ring (bicyclic) bond motifs is 1. The van der Waals surface area contributed by atoms with Crippen molar-refractivity contribution in [1.29, 1.82) is 0 Å². The maximum atomic E-state index is 13.0. The van der Waals surface area contributed by atoms with Gasteiger partial charge in [0.2, 0.25) is 0 Å². The fraction of sp³-hybridized carbons (Fsp3) is 0.333. The van der Waals surface area contributed by atoms with Crippen molar-refractivity contribution < 1.29 is 14.3 Å². The number of thiophene rings is 1. The highest BCUT2D eigenvalue weighted by molar-refractivity contribution is 7.22. The molecule has 0 aliphatic carbocycles. The Morgan fingerprint density at radius 1 is 1.17 bits per heavy atom. The van der Waals surface area contributed by atoms with Crippen LogP contribution in [0.25, 0.3) is 16.3 Å². The van der Waals surface area contributed by atoms with Crippen LogP contribution in [0.5, 0.6) is 11.5 Å². The van der Waals surface area contributed by atoms with E-state index in [4.69, 9.17) is 14.5 Å². The maximum Gasteiger partial charge on any atom is 0.252 e. The van der Waals surface area contributed by atoms with Gasteiger partial charge >= 0.3 is 0 Å². The van der Waals surface area contributed by atoms with Gasteiger partial charge in [0.05, 0.1) is 24.4 Å². The van der Waals surface area contributed by atoms with Gasteiger partial charge in [0.25, 0.3) is 5.91 Å². The number of nitrogens with zero attached hydrogens (tertiary/aromatic N) is 3. The average Bonchev–Trinajstić information content (AvgIpc) is 3.37. The summed E-state index contributed by atoms with van der Waals surface area (Å²) in [4.78, 5) is 22.6. The topological polar surface area (TPSA) is 54.9 Å². The van der Waals surface area contributed by atoms with Gasteiger partial charge in [-0.1, -0.05) is 17.4 Å². The van der Waals surface area contributed by atoms with Crippen LogP contribution in [0.2, 0.25) is 0 Å². The van der Waals surface area contributed by atoms with Crippen LogP contribution in [-0.2, 0) is 4.79 Å². The van der Waals surface area contributed by atoms with E-state index in [9.17, 15) is 4.79 Å². The minimum Gasteiger partial charge on any atom is -0.493 e. The summed E-state index contributed by atoms with van der Waals surface area (Å²) < 4.78 is 11.7. The molecule has 0 bridgehead atoms. The highest BCUT2D eigenvalue weighted by atomic mass is 32.1. The molecule has 0 saturated heterocycles. The molecular formula is C21H25N3O3S2. The van der Waals surface area contributed by atoms with Crippen molar-refractivity contribution in [1.82, 2.24) is 9.88 Å². The first-order valence-corrected chi connectivity index (χ1v) is 10.9. The maximum absolute atomic E-state index is 13.0. The number of benzene rings is 1. The lowest BCUT2D eigenvalue weighted by Gasteiger charge is -2.19. The van der Waals surface area contributed by atoms with Crippen LogP contribution in [0.1, 0.15) is 11.3 Å². The Labute approximate surface area is 179 Å². The third kappa shape index (κ3) is 5.35. The first-order valence-electron chi connectivity index (χ1n) is 9.22. The van der Waals surface area contributed by atoms with Crippen LogP contribution in [0, 0.1) is 0 Å². The van der Waals surface area contributed by atoms with Crippen LogP contribution >= 0.6 is 22.7 Å². The molecular weight excluding hydrogens is 406 g/mol. The van der Waals surface area contributed by atoms with Crippen molar-refractivity contribution in [2.24, 2.45) is 0 Å². The minimum absolute atomic E-state index is 0.0739. The number of methoxy groups -OCH3 is 2. The predicted molar refractivity (Wildman–Crippen MR) is 122 cm³/mol. The number of carbonyl (C=O) groups excluding carboxylic acids is 1. The Bertz CT molecular complexity index is 940. The molecule has 8 heteroatoms. The Morgan fingerprint density at radius 2 is 1.93 bits per heavy atom. The monoisotopic (exact) mass is 431 g/mol. The van der Waals surface area contributed by atoms with Gasteiger partial charge < -0.3 is 14.4 Å². The van der Waals surface area contributed by atoms with Gasteiger partial charge in [-0.2, -0.15) is 0 Å².